The van der Waals surface area contributed by atoms with Gasteiger partial charge in [-0.1, -0.05) is 24.3 Å². The van der Waals surface area contributed by atoms with Gasteiger partial charge in [-0.2, -0.15) is 0 Å². The van der Waals surface area contributed by atoms with E-state index in [1.165, 1.54) is 11.1 Å². The van der Waals surface area contributed by atoms with Crippen molar-refractivity contribution in [3.8, 4) is 0 Å². The zero-order valence-corrected chi connectivity index (χ0v) is 10.3. The Kier molecular flexibility index (Phi) is 7.60. The van der Waals surface area contributed by atoms with E-state index in [1.54, 1.807) is 0 Å². The van der Waals surface area contributed by atoms with Gasteiger partial charge in [-0.25, -0.2) is 0 Å². The zero-order chi connectivity index (χ0) is 11.1. The van der Waals surface area contributed by atoms with Crippen molar-refractivity contribution in [2.45, 2.75) is 26.3 Å². The number of benzene rings is 1. The van der Waals surface area contributed by atoms with Crippen LogP contribution in [0.5, 0.6) is 0 Å². The molecule has 0 fully saturated rings. The molecule has 0 heterocycles. The summed E-state index contributed by atoms with van der Waals surface area (Å²) in [5.41, 5.74) is 7.70. The van der Waals surface area contributed by atoms with E-state index in [1.807, 2.05) is 31.2 Å². The Hall–Kier alpha value is -1.06. The number of aryl methyl sites for hydroxylation is 1. The predicted octanol–water partition coefficient (Wildman–Crippen LogP) is 1.77. The lowest BCUT2D eigenvalue weighted by molar-refractivity contribution is -0.121. The van der Waals surface area contributed by atoms with E-state index in [4.69, 9.17) is 5.73 Å². The molecule has 1 aromatic rings. The molecule has 0 aliphatic carbocycles. The summed E-state index contributed by atoms with van der Waals surface area (Å²) in [4.78, 5) is 11.3. The van der Waals surface area contributed by atoms with Gasteiger partial charge in [0.05, 0.1) is 0 Å². The average Bonchev–Trinajstić information content (AvgIpc) is 2.25. The second-order valence-electron chi connectivity index (χ2n) is 3.60. The second-order valence-corrected chi connectivity index (χ2v) is 3.60. The molecule has 1 amide bonds. The molecule has 0 radical (unpaired) electrons. The van der Waals surface area contributed by atoms with Gasteiger partial charge in [-0.05, 0) is 31.0 Å². The molecular weight excluding hydrogens is 224 g/mol. The van der Waals surface area contributed by atoms with Gasteiger partial charge in [-0.15, -0.1) is 12.4 Å². The van der Waals surface area contributed by atoms with Crippen LogP contribution in [0.15, 0.2) is 24.3 Å². The summed E-state index contributed by atoms with van der Waals surface area (Å²) in [5.74, 6) is 0.0729. The van der Waals surface area contributed by atoms with Crippen molar-refractivity contribution in [3.05, 3.63) is 35.4 Å². The van der Waals surface area contributed by atoms with Crippen molar-refractivity contribution >= 4 is 18.3 Å². The summed E-state index contributed by atoms with van der Waals surface area (Å²) < 4.78 is 0. The molecule has 0 atom stereocenters. The number of nitrogens with two attached hydrogens (primary N) is 1. The van der Waals surface area contributed by atoms with Crippen LogP contribution in [0.25, 0.3) is 0 Å². The molecule has 4 heteroatoms. The zero-order valence-electron chi connectivity index (χ0n) is 9.53. The fourth-order valence-electron chi connectivity index (χ4n) is 1.35. The van der Waals surface area contributed by atoms with Crippen LogP contribution in [-0.4, -0.2) is 12.5 Å². The number of halogens is 1. The lowest BCUT2D eigenvalue weighted by Crippen LogP contribution is -2.23. The Balaban J connectivity index is 0.00000225. The molecule has 0 saturated carbocycles. The highest BCUT2D eigenvalue weighted by atomic mass is 35.5. The number of carbonyl (C=O) groups excluding carboxylic acids is 1. The highest BCUT2D eigenvalue weighted by Gasteiger charge is 2.01. The van der Waals surface area contributed by atoms with Crippen LogP contribution >= 0.6 is 12.4 Å². The van der Waals surface area contributed by atoms with Crippen molar-refractivity contribution < 1.29 is 4.79 Å². The fourth-order valence-corrected chi connectivity index (χ4v) is 1.35. The predicted molar refractivity (Wildman–Crippen MR) is 68.6 cm³/mol. The highest BCUT2D eigenvalue weighted by Crippen LogP contribution is 2.06. The Morgan fingerprint density at radius 2 is 2.06 bits per heavy atom. The molecule has 0 aliphatic heterocycles. The summed E-state index contributed by atoms with van der Waals surface area (Å²) >= 11 is 0. The second kappa shape index (κ2) is 8.13. The minimum Gasteiger partial charge on any atom is -0.352 e. The van der Waals surface area contributed by atoms with Crippen LogP contribution in [0.2, 0.25) is 0 Å². The Labute approximate surface area is 103 Å². The van der Waals surface area contributed by atoms with Crippen molar-refractivity contribution in [2.75, 3.05) is 6.54 Å². The lowest BCUT2D eigenvalue weighted by atomic mass is 10.1. The third-order valence-corrected chi connectivity index (χ3v) is 2.35. The molecule has 0 spiro atoms. The van der Waals surface area contributed by atoms with Crippen LogP contribution in [0, 0.1) is 6.92 Å². The maximum atomic E-state index is 11.3. The maximum absolute atomic E-state index is 11.3. The smallest absolute Gasteiger partial charge is 0.220 e. The number of rotatable bonds is 5. The van der Waals surface area contributed by atoms with Crippen molar-refractivity contribution in [3.63, 3.8) is 0 Å². The van der Waals surface area contributed by atoms with Crippen LogP contribution < -0.4 is 11.1 Å². The quantitative estimate of drug-likeness (QED) is 0.827. The van der Waals surface area contributed by atoms with Gasteiger partial charge in [0.25, 0.3) is 0 Å². The number of hydrogen-bond donors (Lipinski definition) is 2. The van der Waals surface area contributed by atoms with E-state index in [9.17, 15) is 4.79 Å². The summed E-state index contributed by atoms with van der Waals surface area (Å²) in [6.45, 7) is 3.22. The van der Waals surface area contributed by atoms with Crippen LogP contribution in [0.3, 0.4) is 0 Å². The lowest BCUT2D eigenvalue weighted by Gasteiger charge is -2.07. The first-order chi connectivity index (χ1) is 7.24. The van der Waals surface area contributed by atoms with Gasteiger partial charge in [0, 0.05) is 13.0 Å². The van der Waals surface area contributed by atoms with Gasteiger partial charge in [0.2, 0.25) is 5.91 Å². The van der Waals surface area contributed by atoms with E-state index in [0.717, 1.165) is 6.42 Å². The van der Waals surface area contributed by atoms with E-state index in [-0.39, 0.29) is 18.3 Å². The first-order valence-electron chi connectivity index (χ1n) is 5.25. The minimum absolute atomic E-state index is 0. The summed E-state index contributed by atoms with van der Waals surface area (Å²) in [5, 5.41) is 2.88. The van der Waals surface area contributed by atoms with Crippen LogP contribution in [-0.2, 0) is 11.3 Å². The van der Waals surface area contributed by atoms with Crippen LogP contribution in [0.4, 0.5) is 0 Å². The summed E-state index contributed by atoms with van der Waals surface area (Å²) in [7, 11) is 0. The first kappa shape index (κ1) is 14.9. The first-order valence-corrected chi connectivity index (χ1v) is 5.25. The Morgan fingerprint density at radius 1 is 1.38 bits per heavy atom. The molecule has 90 valence electrons. The number of amides is 1. The topological polar surface area (TPSA) is 55.1 Å². The molecule has 0 aliphatic rings. The summed E-state index contributed by atoms with van der Waals surface area (Å²) in [6.07, 6.45) is 1.27. The number of carbonyl (C=O) groups is 1. The summed E-state index contributed by atoms with van der Waals surface area (Å²) in [6, 6.07) is 8.05. The molecule has 0 bridgehead atoms. The Morgan fingerprint density at radius 3 is 2.69 bits per heavy atom. The van der Waals surface area contributed by atoms with Crippen LogP contribution in [0.1, 0.15) is 24.0 Å². The molecule has 3 N–H and O–H groups in total. The molecule has 0 saturated heterocycles. The molecule has 16 heavy (non-hydrogen) atoms. The van der Waals surface area contributed by atoms with E-state index in [0.29, 0.717) is 19.5 Å². The minimum atomic E-state index is 0. The van der Waals surface area contributed by atoms with Crippen molar-refractivity contribution in [1.82, 2.24) is 5.32 Å². The standard InChI is InChI=1S/C12H18N2O.ClH/c1-10-5-2-3-6-11(10)9-14-12(15)7-4-8-13;/h2-3,5-6H,4,7-9,13H2,1H3,(H,14,15);1H. The van der Waals surface area contributed by atoms with E-state index in [2.05, 4.69) is 5.32 Å². The van der Waals surface area contributed by atoms with Gasteiger partial charge in [-0.3, -0.25) is 4.79 Å². The van der Waals surface area contributed by atoms with Gasteiger partial charge in [0.15, 0.2) is 0 Å². The SMILES string of the molecule is Cc1ccccc1CNC(=O)CCCN.Cl. The van der Waals surface area contributed by atoms with E-state index >= 15 is 0 Å². The van der Waals surface area contributed by atoms with Gasteiger partial charge in [0.1, 0.15) is 0 Å². The third-order valence-electron chi connectivity index (χ3n) is 2.35. The monoisotopic (exact) mass is 242 g/mol. The molecule has 1 aromatic carbocycles. The van der Waals surface area contributed by atoms with E-state index < -0.39 is 0 Å². The average molecular weight is 243 g/mol. The normalized spacial score (nSPS) is 9.38. The van der Waals surface area contributed by atoms with Gasteiger partial charge < -0.3 is 11.1 Å². The fraction of sp³-hybridized carbons (Fsp3) is 0.417. The number of nitrogens with one attached hydrogen (secondary N) is 1. The molecular formula is C12H19ClN2O. The molecule has 0 unspecified atom stereocenters. The molecule has 1 rings (SSSR count). The number of hydrogen-bond acceptors (Lipinski definition) is 2. The van der Waals surface area contributed by atoms with Crippen molar-refractivity contribution in [2.24, 2.45) is 5.73 Å². The highest BCUT2D eigenvalue weighted by molar-refractivity contribution is 5.85. The molecule has 0 aromatic heterocycles. The third kappa shape index (κ3) is 5.14. The van der Waals surface area contributed by atoms with Crippen molar-refractivity contribution in [1.29, 1.82) is 0 Å². The Bertz CT molecular complexity index is 329. The van der Waals surface area contributed by atoms with Gasteiger partial charge >= 0.3 is 0 Å². The maximum Gasteiger partial charge on any atom is 0.220 e. The molecule has 3 nitrogen and oxygen atoms in total. The largest absolute Gasteiger partial charge is 0.352 e.